The fourth-order valence-electron chi connectivity index (χ4n) is 2.30. The monoisotopic (exact) mass is 1210 g/mol. The predicted octanol–water partition coefficient (Wildman–Crippen LogP) is 9.20. The van der Waals surface area contributed by atoms with Gasteiger partial charge in [-0.25, -0.2) is 0 Å². The van der Waals surface area contributed by atoms with E-state index < -0.39 is 0 Å². The molecule has 0 aromatic rings. The number of hydrogen-bond donors (Lipinski definition) is 0. The Hall–Kier alpha value is 3.08. The van der Waals surface area contributed by atoms with E-state index in [4.69, 9.17) is 0 Å². The fourth-order valence-corrected chi connectivity index (χ4v) is 4.42. The minimum absolute atomic E-state index is 0. The maximum absolute atomic E-state index is 3.98. The Bertz CT molecular complexity index is 516. The molecule has 0 amide bonds. The lowest BCUT2D eigenvalue weighted by Crippen LogP contribution is -3.00. The standard InChI is InChI=1S/2C8H15I.C8H16.C8H14.I2.2HI.H2/c2*1-4-6-8(9)7(3)5-2;2*1-4-6-7-8(3)5-2;1-2;;;/h2*8H,3-6H2,1-2H3;7H,4-6H2,1-3H3;6-7H,3-5H2,1-2H3;;3*1H/p-2/b;;8-7-;7-6+;;;;/i;;;;;;;1+1. The Morgan fingerprint density at radius 3 is 1.32 bits per heavy atom. The highest BCUT2D eigenvalue weighted by Crippen LogP contribution is 2.19. The van der Waals surface area contributed by atoms with Gasteiger partial charge in [-0.3, -0.25) is 0 Å². The van der Waals surface area contributed by atoms with Crippen molar-refractivity contribution < 1.29 is 49.4 Å². The van der Waals surface area contributed by atoms with Gasteiger partial charge < -0.3 is 48.0 Å². The minimum atomic E-state index is 0. The van der Waals surface area contributed by atoms with Crippen molar-refractivity contribution in [2.24, 2.45) is 0 Å². The summed E-state index contributed by atoms with van der Waals surface area (Å²) in [6.45, 7) is 31.4. The minimum Gasteiger partial charge on any atom is -1.00 e. The molecular weight excluding hydrogens is 1150 g/mol. The Morgan fingerprint density at radius 1 is 0.684 bits per heavy atom. The van der Waals surface area contributed by atoms with Gasteiger partial charge in [0, 0.05) is 46.5 Å². The molecule has 0 N–H and O–H groups in total. The Balaban J connectivity index is -0.0000000523. The molecule has 2 unspecified atom stereocenters. The molecule has 0 saturated heterocycles. The van der Waals surface area contributed by atoms with Gasteiger partial charge in [0.2, 0.25) is 0 Å². The van der Waals surface area contributed by atoms with Crippen molar-refractivity contribution in [2.75, 3.05) is 0 Å². The van der Waals surface area contributed by atoms with E-state index in [-0.39, 0.29) is 49.4 Å². The lowest BCUT2D eigenvalue weighted by molar-refractivity contribution is -0.00100. The van der Waals surface area contributed by atoms with E-state index in [1.165, 1.54) is 67.2 Å². The third-order valence-electron chi connectivity index (χ3n) is 5.26. The van der Waals surface area contributed by atoms with Crippen LogP contribution in [0.15, 0.2) is 60.3 Å². The Kier molecular flexibility index (Phi) is 74.4. The van der Waals surface area contributed by atoms with Gasteiger partial charge in [-0.2, -0.15) is 0 Å². The first-order chi connectivity index (χ1) is 17.1. The topological polar surface area (TPSA) is 0 Å². The largest absolute Gasteiger partial charge is 1.00 e. The zero-order chi connectivity index (χ0) is 29.4. The highest BCUT2D eigenvalue weighted by molar-refractivity contribution is 15.0. The lowest BCUT2D eigenvalue weighted by Gasteiger charge is -2.08. The maximum atomic E-state index is 3.98. The molecule has 234 valence electrons. The number of allylic oxidation sites excluding steroid dienone is 7. The predicted molar refractivity (Wildman–Crippen MR) is 212 cm³/mol. The summed E-state index contributed by atoms with van der Waals surface area (Å²) in [6, 6.07) is 0. The van der Waals surface area contributed by atoms with Crippen molar-refractivity contribution in [2.45, 2.75) is 141 Å². The SMILES string of the molecule is C=C(/C=C/CC)CC.C=C(CC)C(I)CCC.C=C(CC)C(I)CCC.CCC/C=C(/C)CC.II.[2HH].[I-].[I-]. The fraction of sp³-hybridized carbons (Fsp3) is 0.688. The molecular formula is C32H62I6-2. The van der Waals surface area contributed by atoms with Crippen LogP contribution in [-0.4, -0.2) is 7.85 Å². The van der Waals surface area contributed by atoms with E-state index in [0.717, 1.165) is 25.7 Å². The smallest absolute Gasteiger partial charge is 0.0315 e. The second kappa shape index (κ2) is 49.7. The van der Waals surface area contributed by atoms with Crippen molar-refractivity contribution in [3.05, 3.63) is 60.3 Å². The summed E-state index contributed by atoms with van der Waals surface area (Å²) in [5.41, 5.74) is 5.51. The van der Waals surface area contributed by atoms with Crippen molar-refractivity contribution >= 4 is 82.4 Å². The summed E-state index contributed by atoms with van der Waals surface area (Å²) < 4.78 is 1.41. The number of unbranched alkanes of at least 4 members (excludes halogenated alkanes) is 1. The summed E-state index contributed by atoms with van der Waals surface area (Å²) in [6.07, 6.45) is 19.8. The van der Waals surface area contributed by atoms with E-state index in [1.807, 2.05) is 0 Å². The molecule has 0 fully saturated rings. The van der Waals surface area contributed by atoms with Crippen LogP contribution in [0.2, 0.25) is 0 Å². The van der Waals surface area contributed by atoms with Crippen molar-refractivity contribution in [3.8, 4) is 0 Å². The molecule has 38 heavy (non-hydrogen) atoms. The number of rotatable bonds is 14. The van der Waals surface area contributed by atoms with Gasteiger partial charge in [-0.05, 0) is 58.3 Å². The third-order valence-corrected chi connectivity index (χ3v) is 8.27. The first kappa shape index (κ1) is 56.8. The number of hydrogen-bond acceptors (Lipinski definition) is 0. The molecule has 0 aromatic carbocycles. The maximum Gasteiger partial charge on any atom is 0.0315 e. The zero-order valence-electron chi connectivity index (χ0n) is 26.1. The van der Waals surface area contributed by atoms with Gasteiger partial charge in [-0.15, -0.1) is 0 Å². The Morgan fingerprint density at radius 2 is 1.08 bits per heavy atom. The molecule has 2 atom stereocenters. The van der Waals surface area contributed by atoms with Crippen molar-refractivity contribution in [3.63, 3.8) is 0 Å². The summed E-state index contributed by atoms with van der Waals surface area (Å²) in [5, 5.41) is 0. The highest BCUT2D eigenvalue weighted by Gasteiger charge is 2.04. The first-order valence-corrected chi connectivity index (χ1v) is 22.6. The van der Waals surface area contributed by atoms with Crippen LogP contribution in [0.3, 0.4) is 0 Å². The second-order valence-electron chi connectivity index (χ2n) is 8.55. The molecule has 0 radical (unpaired) electrons. The van der Waals surface area contributed by atoms with E-state index in [9.17, 15) is 0 Å². The quantitative estimate of drug-likeness (QED) is 0.0706. The summed E-state index contributed by atoms with van der Waals surface area (Å²) in [7, 11) is 0. The molecule has 0 saturated carbocycles. The van der Waals surface area contributed by atoms with Crippen molar-refractivity contribution in [1.82, 2.24) is 0 Å². The van der Waals surface area contributed by atoms with Gasteiger partial charge in [-0.1, -0.05) is 180 Å². The molecule has 0 aliphatic heterocycles. The van der Waals surface area contributed by atoms with Gasteiger partial charge >= 0.3 is 0 Å². The van der Waals surface area contributed by atoms with Crippen LogP contribution in [0.25, 0.3) is 0 Å². The zero-order valence-corrected chi connectivity index (χ0v) is 39.0. The average Bonchev–Trinajstić information content (AvgIpc) is 2.91. The highest BCUT2D eigenvalue weighted by atomic mass is 128. The van der Waals surface area contributed by atoms with Crippen LogP contribution in [0.5, 0.6) is 0 Å². The molecule has 0 aliphatic rings. The normalized spacial score (nSPS) is 11.1. The van der Waals surface area contributed by atoms with Crippen LogP contribution in [-0.2, 0) is 0 Å². The average molecular weight is 1210 g/mol. The number of alkyl halides is 2. The first-order valence-electron chi connectivity index (χ1n) is 13.8. The van der Waals surface area contributed by atoms with Gasteiger partial charge in [0.1, 0.15) is 0 Å². The van der Waals surface area contributed by atoms with E-state index in [2.05, 4.69) is 183 Å². The molecule has 0 spiro atoms. The molecule has 0 bridgehead atoms. The van der Waals surface area contributed by atoms with Crippen LogP contribution in [0.1, 0.15) is 134 Å². The molecule has 0 aliphatic carbocycles. The van der Waals surface area contributed by atoms with Crippen molar-refractivity contribution in [1.29, 1.82) is 0 Å². The second-order valence-corrected chi connectivity index (χ2v) is 11.6. The van der Waals surface area contributed by atoms with Crippen LogP contribution >= 0.6 is 82.4 Å². The van der Waals surface area contributed by atoms with Crippen LogP contribution < -0.4 is 48.0 Å². The van der Waals surface area contributed by atoms with E-state index in [0.29, 0.717) is 7.85 Å². The lowest BCUT2D eigenvalue weighted by atomic mass is 10.1. The van der Waals surface area contributed by atoms with Gasteiger partial charge in [0.05, 0.1) is 0 Å². The summed E-state index contributed by atoms with van der Waals surface area (Å²) >= 11 is 9.18. The van der Waals surface area contributed by atoms with Crippen LogP contribution in [0, 0.1) is 0 Å². The third kappa shape index (κ3) is 51.8. The van der Waals surface area contributed by atoms with Crippen LogP contribution in [0.4, 0.5) is 0 Å². The van der Waals surface area contributed by atoms with Gasteiger partial charge in [0.15, 0.2) is 0 Å². The molecule has 6 heteroatoms. The molecule has 0 aromatic heterocycles. The Labute approximate surface area is 327 Å². The molecule has 0 rings (SSSR count). The number of halogens is 6. The summed E-state index contributed by atoms with van der Waals surface area (Å²) in [5.74, 6) is 0. The van der Waals surface area contributed by atoms with Gasteiger partial charge in [0.25, 0.3) is 0 Å². The summed E-state index contributed by atoms with van der Waals surface area (Å²) in [4.78, 5) is 0. The molecule has 0 heterocycles. The van der Waals surface area contributed by atoms with E-state index in [1.54, 1.807) is 0 Å². The van der Waals surface area contributed by atoms with E-state index >= 15 is 0 Å². The molecule has 0 nitrogen and oxygen atoms in total.